The molecule has 2 rings (SSSR count). The van der Waals surface area contributed by atoms with E-state index in [2.05, 4.69) is 52.5 Å². The average Bonchev–Trinajstić information content (AvgIpc) is 2.93. The maximum atomic E-state index is 5.04. The SMILES string of the molecule is COCCc1nsc(N(C)C(C)c2ccccc2)n1. The summed E-state index contributed by atoms with van der Waals surface area (Å²) in [7, 11) is 3.75. The predicted molar refractivity (Wildman–Crippen MR) is 78.7 cm³/mol. The van der Waals surface area contributed by atoms with Gasteiger partial charge in [0, 0.05) is 32.1 Å². The molecule has 0 radical (unpaired) electrons. The van der Waals surface area contributed by atoms with Gasteiger partial charge in [-0.25, -0.2) is 4.98 Å². The fraction of sp³-hybridized carbons (Fsp3) is 0.429. The van der Waals surface area contributed by atoms with E-state index in [1.807, 2.05) is 6.07 Å². The Morgan fingerprint density at radius 1 is 1.32 bits per heavy atom. The lowest BCUT2D eigenvalue weighted by molar-refractivity contribution is 0.201. The summed E-state index contributed by atoms with van der Waals surface area (Å²) in [6, 6.07) is 10.7. The Morgan fingerprint density at radius 3 is 2.74 bits per heavy atom. The second-order valence-electron chi connectivity index (χ2n) is 4.43. The summed E-state index contributed by atoms with van der Waals surface area (Å²) in [6.45, 7) is 2.83. The zero-order valence-electron chi connectivity index (χ0n) is 11.5. The molecular formula is C14H19N3OS. The van der Waals surface area contributed by atoms with Crippen molar-refractivity contribution in [2.24, 2.45) is 0 Å². The first-order valence-electron chi connectivity index (χ1n) is 6.31. The van der Waals surface area contributed by atoms with Crippen molar-refractivity contribution in [3.8, 4) is 0 Å². The molecule has 0 spiro atoms. The Kier molecular flexibility index (Phi) is 4.87. The summed E-state index contributed by atoms with van der Waals surface area (Å²) in [4.78, 5) is 6.70. The molecule has 5 heteroatoms. The normalized spacial score (nSPS) is 12.4. The molecule has 1 atom stereocenters. The number of rotatable bonds is 6. The molecule has 1 aromatic carbocycles. The van der Waals surface area contributed by atoms with E-state index in [4.69, 9.17) is 4.74 Å². The van der Waals surface area contributed by atoms with Crippen LogP contribution in [0.2, 0.25) is 0 Å². The minimum atomic E-state index is 0.282. The molecule has 4 nitrogen and oxygen atoms in total. The molecular weight excluding hydrogens is 258 g/mol. The first-order chi connectivity index (χ1) is 9.22. The zero-order valence-corrected chi connectivity index (χ0v) is 12.4. The minimum Gasteiger partial charge on any atom is -0.384 e. The van der Waals surface area contributed by atoms with Crippen LogP contribution in [0.25, 0.3) is 0 Å². The van der Waals surface area contributed by atoms with Gasteiger partial charge in [0.1, 0.15) is 5.82 Å². The molecule has 0 aliphatic rings. The van der Waals surface area contributed by atoms with Gasteiger partial charge < -0.3 is 9.64 Å². The van der Waals surface area contributed by atoms with Crippen molar-refractivity contribution in [3.63, 3.8) is 0 Å². The Morgan fingerprint density at radius 2 is 2.05 bits per heavy atom. The second-order valence-corrected chi connectivity index (χ2v) is 5.16. The Labute approximate surface area is 118 Å². The van der Waals surface area contributed by atoms with Gasteiger partial charge in [0.15, 0.2) is 0 Å². The maximum absolute atomic E-state index is 5.04. The Bertz CT molecular complexity index is 500. The quantitative estimate of drug-likeness (QED) is 0.813. The molecule has 0 aliphatic carbocycles. The second kappa shape index (κ2) is 6.63. The molecule has 0 bridgehead atoms. The first-order valence-corrected chi connectivity index (χ1v) is 7.09. The molecule has 0 aliphatic heterocycles. The van der Waals surface area contributed by atoms with E-state index < -0.39 is 0 Å². The van der Waals surface area contributed by atoms with Crippen molar-refractivity contribution in [2.75, 3.05) is 25.7 Å². The molecule has 0 fully saturated rings. The molecule has 1 unspecified atom stereocenters. The van der Waals surface area contributed by atoms with Crippen LogP contribution >= 0.6 is 11.5 Å². The minimum absolute atomic E-state index is 0.282. The van der Waals surface area contributed by atoms with Crippen molar-refractivity contribution in [3.05, 3.63) is 41.7 Å². The highest BCUT2D eigenvalue weighted by Gasteiger charge is 2.15. The molecule has 1 heterocycles. The van der Waals surface area contributed by atoms with E-state index >= 15 is 0 Å². The molecule has 0 N–H and O–H groups in total. The van der Waals surface area contributed by atoms with Crippen LogP contribution in [0.1, 0.15) is 24.4 Å². The molecule has 0 amide bonds. The lowest BCUT2D eigenvalue weighted by Gasteiger charge is -2.24. The van der Waals surface area contributed by atoms with Gasteiger partial charge in [0.05, 0.1) is 12.6 Å². The smallest absolute Gasteiger partial charge is 0.205 e. The lowest BCUT2D eigenvalue weighted by atomic mass is 10.1. The van der Waals surface area contributed by atoms with Crippen molar-refractivity contribution in [1.29, 1.82) is 0 Å². The summed E-state index contributed by atoms with van der Waals surface area (Å²) in [6.07, 6.45) is 0.764. The largest absolute Gasteiger partial charge is 0.384 e. The van der Waals surface area contributed by atoms with Gasteiger partial charge in [-0.3, -0.25) is 0 Å². The highest BCUT2D eigenvalue weighted by Crippen LogP contribution is 2.26. The summed E-state index contributed by atoms with van der Waals surface area (Å²) in [5.74, 6) is 0.856. The number of hydrogen-bond donors (Lipinski definition) is 0. The Balaban J connectivity index is 2.06. The van der Waals surface area contributed by atoms with Gasteiger partial charge in [-0.1, -0.05) is 30.3 Å². The topological polar surface area (TPSA) is 38.2 Å². The zero-order chi connectivity index (χ0) is 13.7. The third-order valence-corrected chi connectivity index (χ3v) is 4.00. The van der Waals surface area contributed by atoms with Crippen molar-refractivity contribution in [2.45, 2.75) is 19.4 Å². The first kappa shape index (κ1) is 14.0. The lowest BCUT2D eigenvalue weighted by Crippen LogP contribution is -2.21. The van der Waals surface area contributed by atoms with E-state index in [1.54, 1.807) is 7.11 Å². The number of nitrogens with zero attached hydrogens (tertiary/aromatic N) is 3. The van der Waals surface area contributed by atoms with Crippen LogP contribution in [0.3, 0.4) is 0 Å². The number of aromatic nitrogens is 2. The third-order valence-electron chi connectivity index (χ3n) is 3.15. The highest BCUT2D eigenvalue weighted by atomic mass is 32.1. The van der Waals surface area contributed by atoms with Gasteiger partial charge >= 0.3 is 0 Å². The van der Waals surface area contributed by atoms with Gasteiger partial charge in [0.25, 0.3) is 0 Å². The number of methoxy groups -OCH3 is 1. The van der Waals surface area contributed by atoms with Crippen molar-refractivity contribution < 1.29 is 4.74 Å². The summed E-state index contributed by atoms with van der Waals surface area (Å²) >= 11 is 1.44. The summed E-state index contributed by atoms with van der Waals surface area (Å²) < 4.78 is 9.40. The fourth-order valence-corrected chi connectivity index (χ4v) is 2.56. The number of ether oxygens (including phenoxy) is 1. The maximum Gasteiger partial charge on any atom is 0.205 e. The molecule has 2 aromatic rings. The van der Waals surface area contributed by atoms with E-state index in [-0.39, 0.29) is 6.04 Å². The molecule has 19 heavy (non-hydrogen) atoms. The number of benzene rings is 1. The third kappa shape index (κ3) is 3.52. The van der Waals surface area contributed by atoms with E-state index in [0.29, 0.717) is 6.61 Å². The summed E-state index contributed by atoms with van der Waals surface area (Å²) in [5.41, 5.74) is 1.28. The Hall–Kier alpha value is -1.46. The van der Waals surface area contributed by atoms with Gasteiger partial charge in [-0.15, -0.1) is 0 Å². The molecule has 102 valence electrons. The average molecular weight is 277 g/mol. The predicted octanol–water partition coefficient (Wildman–Crippen LogP) is 2.92. The van der Waals surface area contributed by atoms with Gasteiger partial charge in [-0.2, -0.15) is 4.37 Å². The van der Waals surface area contributed by atoms with Crippen LogP contribution in [0.15, 0.2) is 30.3 Å². The number of anilines is 1. The van der Waals surface area contributed by atoms with Crippen LogP contribution in [0.5, 0.6) is 0 Å². The monoisotopic (exact) mass is 277 g/mol. The van der Waals surface area contributed by atoms with E-state index in [9.17, 15) is 0 Å². The summed E-state index contributed by atoms with van der Waals surface area (Å²) in [5, 5.41) is 0.947. The van der Waals surface area contributed by atoms with Crippen LogP contribution < -0.4 is 4.90 Å². The van der Waals surface area contributed by atoms with Crippen LogP contribution in [0.4, 0.5) is 5.13 Å². The van der Waals surface area contributed by atoms with E-state index in [0.717, 1.165) is 17.4 Å². The molecule has 0 saturated heterocycles. The van der Waals surface area contributed by atoms with Gasteiger partial charge in [-0.05, 0) is 12.5 Å². The number of hydrogen-bond acceptors (Lipinski definition) is 5. The van der Waals surface area contributed by atoms with E-state index in [1.165, 1.54) is 17.1 Å². The standard InChI is InChI=1S/C14H19N3OS/c1-11(12-7-5-4-6-8-12)17(2)14-15-13(16-19-14)9-10-18-3/h4-8,11H,9-10H2,1-3H3. The fourth-order valence-electron chi connectivity index (χ4n) is 1.80. The van der Waals surface area contributed by atoms with Crippen molar-refractivity contribution in [1.82, 2.24) is 9.36 Å². The molecule has 1 aromatic heterocycles. The van der Waals surface area contributed by atoms with Crippen LogP contribution in [0, 0.1) is 0 Å². The molecule has 0 saturated carbocycles. The van der Waals surface area contributed by atoms with Crippen LogP contribution in [-0.2, 0) is 11.2 Å². The highest BCUT2D eigenvalue weighted by molar-refractivity contribution is 7.09. The van der Waals surface area contributed by atoms with Crippen LogP contribution in [-0.4, -0.2) is 30.1 Å². The van der Waals surface area contributed by atoms with Gasteiger partial charge in [0.2, 0.25) is 5.13 Å². The van der Waals surface area contributed by atoms with Crippen molar-refractivity contribution >= 4 is 16.7 Å².